The van der Waals surface area contributed by atoms with Crippen LogP contribution < -0.4 is 5.32 Å². The van der Waals surface area contributed by atoms with Crippen LogP contribution >= 0.6 is 35.6 Å². The van der Waals surface area contributed by atoms with Gasteiger partial charge in [0.15, 0.2) is 0 Å². The van der Waals surface area contributed by atoms with E-state index < -0.39 is 0 Å². The van der Waals surface area contributed by atoms with Crippen molar-refractivity contribution in [3.63, 3.8) is 0 Å². The quantitative estimate of drug-likeness (QED) is 0.865. The second-order valence-electron chi connectivity index (χ2n) is 4.18. The largest absolute Gasteiger partial charge is 0.317 e. The average Bonchev–Trinajstić information content (AvgIpc) is 2.17. The minimum Gasteiger partial charge on any atom is -0.317 e. The van der Waals surface area contributed by atoms with E-state index in [9.17, 15) is 0 Å². The van der Waals surface area contributed by atoms with Crippen LogP contribution in [0.4, 0.5) is 0 Å². The van der Waals surface area contributed by atoms with Crippen molar-refractivity contribution in [2.24, 2.45) is 5.92 Å². The summed E-state index contributed by atoms with van der Waals surface area (Å²) in [6, 6.07) is 5.83. The van der Waals surface area contributed by atoms with E-state index in [1.165, 1.54) is 18.4 Å². The third-order valence-electron chi connectivity index (χ3n) is 2.91. The molecule has 0 atom stereocenters. The lowest BCUT2D eigenvalue weighted by Gasteiger charge is -2.22. The highest BCUT2D eigenvalue weighted by Gasteiger charge is 2.13. The van der Waals surface area contributed by atoms with Crippen LogP contribution in [0, 0.1) is 5.92 Å². The molecule has 16 heavy (non-hydrogen) atoms. The Morgan fingerprint density at radius 1 is 1.06 bits per heavy atom. The summed E-state index contributed by atoms with van der Waals surface area (Å²) in [5, 5.41) is 4.86. The molecule has 1 nitrogen and oxygen atoms in total. The number of hydrogen-bond acceptors (Lipinski definition) is 1. The lowest BCUT2D eigenvalue weighted by Crippen LogP contribution is -2.28. The highest BCUT2D eigenvalue weighted by Crippen LogP contribution is 2.23. The van der Waals surface area contributed by atoms with E-state index in [0.29, 0.717) is 0 Å². The predicted octanol–water partition coefficient (Wildman–Crippen LogP) is 3.96. The molecule has 1 aromatic carbocycles. The second kappa shape index (κ2) is 6.70. The molecule has 2 rings (SSSR count). The average molecular weight is 281 g/mol. The number of nitrogens with one attached hydrogen (secondary N) is 1. The molecule has 1 fully saturated rings. The molecule has 0 unspecified atom stereocenters. The Hall–Kier alpha value is 0.0500. The number of hydrogen-bond donors (Lipinski definition) is 1. The van der Waals surface area contributed by atoms with Gasteiger partial charge in [0.2, 0.25) is 0 Å². The van der Waals surface area contributed by atoms with Crippen LogP contribution in [0.25, 0.3) is 0 Å². The lowest BCUT2D eigenvalue weighted by molar-refractivity contribution is 0.372. The first-order valence-corrected chi connectivity index (χ1v) is 6.15. The molecular formula is C12H16Cl3N. The fourth-order valence-electron chi connectivity index (χ4n) is 2.15. The fourth-order valence-corrected chi connectivity index (χ4v) is 2.72. The molecule has 1 N–H and O–H groups in total. The lowest BCUT2D eigenvalue weighted by atomic mass is 9.91. The van der Waals surface area contributed by atoms with E-state index in [0.717, 1.165) is 35.5 Å². The van der Waals surface area contributed by atoms with Gasteiger partial charge in [-0.05, 0) is 62.0 Å². The number of piperidine rings is 1. The van der Waals surface area contributed by atoms with Gasteiger partial charge in [-0.1, -0.05) is 23.2 Å². The molecular weight excluding hydrogens is 264 g/mol. The van der Waals surface area contributed by atoms with Crippen LogP contribution in [0.15, 0.2) is 18.2 Å². The monoisotopic (exact) mass is 279 g/mol. The Balaban J connectivity index is 0.00000128. The number of benzene rings is 1. The smallest absolute Gasteiger partial charge is 0.0423 e. The maximum atomic E-state index is 5.97. The molecule has 0 amide bonds. The molecule has 0 aliphatic carbocycles. The Morgan fingerprint density at radius 3 is 2.19 bits per heavy atom. The Morgan fingerprint density at radius 2 is 1.62 bits per heavy atom. The predicted molar refractivity (Wildman–Crippen MR) is 73.0 cm³/mol. The summed E-state index contributed by atoms with van der Waals surface area (Å²) in [5.41, 5.74) is 1.26. The van der Waals surface area contributed by atoms with Crippen molar-refractivity contribution in [1.82, 2.24) is 5.32 Å². The van der Waals surface area contributed by atoms with E-state index in [2.05, 4.69) is 5.32 Å². The van der Waals surface area contributed by atoms with E-state index in [1.54, 1.807) is 6.07 Å². The first kappa shape index (κ1) is 14.1. The first-order valence-electron chi connectivity index (χ1n) is 5.40. The van der Waals surface area contributed by atoms with Crippen molar-refractivity contribution >= 4 is 35.6 Å². The van der Waals surface area contributed by atoms with Gasteiger partial charge < -0.3 is 5.32 Å². The highest BCUT2D eigenvalue weighted by molar-refractivity contribution is 6.34. The summed E-state index contributed by atoms with van der Waals surface area (Å²) < 4.78 is 0. The molecule has 1 aromatic rings. The van der Waals surface area contributed by atoms with E-state index in [-0.39, 0.29) is 12.4 Å². The van der Waals surface area contributed by atoms with Gasteiger partial charge in [-0.3, -0.25) is 0 Å². The molecule has 1 aliphatic heterocycles. The Bertz CT molecular complexity index is 315. The Kier molecular flexibility index (Phi) is 5.91. The summed E-state index contributed by atoms with van der Waals surface area (Å²) in [7, 11) is 0. The number of halogens is 3. The van der Waals surface area contributed by atoms with E-state index in [4.69, 9.17) is 23.2 Å². The van der Waals surface area contributed by atoms with Crippen molar-refractivity contribution in [3.8, 4) is 0 Å². The summed E-state index contributed by atoms with van der Waals surface area (Å²) in [6.07, 6.45) is 3.61. The first-order chi connectivity index (χ1) is 7.24. The minimum atomic E-state index is 0. The summed E-state index contributed by atoms with van der Waals surface area (Å²) in [4.78, 5) is 0. The van der Waals surface area contributed by atoms with E-state index >= 15 is 0 Å². The molecule has 1 saturated heterocycles. The number of rotatable bonds is 2. The SMILES string of the molecule is Cl.Clc1cc(Cl)cc(CC2CCNCC2)c1. The molecule has 0 bridgehead atoms. The van der Waals surface area contributed by atoms with Crippen LogP contribution in [-0.4, -0.2) is 13.1 Å². The molecule has 90 valence electrons. The highest BCUT2D eigenvalue weighted by atomic mass is 35.5. The fraction of sp³-hybridized carbons (Fsp3) is 0.500. The van der Waals surface area contributed by atoms with Crippen molar-refractivity contribution in [2.45, 2.75) is 19.3 Å². The van der Waals surface area contributed by atoms with E-state index in [1.807, 2.05) is 12.1 Å². The molecule has 0 radical (unpaired) electrons. The van der Waals surface area contributed by atoms with Crippen molar-refractivity contribution in [2.75, 3.05) is 13.1 Å². The van der Waals surface area contributed by atoms with Crippen molar-refractivity contribution in [3.05, 3.63) is 33.8 Å². The zero-order chi connectivity index (χ0) is 10.7. The van der Waals surface area contributed by atoms with Gasteiger partial charge in [-0.2, -0.15) is 0 Å². The molecule has 0 saturated carbocycles. The van der Waals surface area contributed by atoms with Crippen LogP contribution in [0.1, 0.15) is 18.4 Å². The zero-order valence-electron chi connectivity index (χ0n) is 9.01. The van der Waals surface area contributed by atoms with Crippen LogP contribution in [0.2, 0.25) is 10.0 Å². The molecule has 4 heteroatoms. The zero-order valence-corrected chi connectivity index (χ0v) is 11.3. The second-order valence-corrected chi connectivity index (χ2v) is 5.05. The van der Waals surface area contributed by atoms with Gasteiger partial charge in [-0.25, -0.2) is 0 Å². The topological polar surface area (TPSA) is 12.0 Å². The summed E-state index contributed by atoms with van der Waals surface area (Å²) >= 11 is 11.9. The Labute approximate surface area is 113 Å². The normalized spacial score (nSPS) is 16.9. The third-order valence-corrected chi connectivity index (χ3v) is 3.34. The molecule has 1 heterocycles. The third kappa shape index (κ3) is 4.14. The summed E-state index contributed by atoms with van der Waals surface area (Å²) in [5.74, 6) is 0.779. The van der Waals surface area contributed by atoms with Crippen molar-refractivity contribution in [1.29, 1.82) is 0 Å². The maximum absolute atomic E-state index is 5.97. The van der Waals surface area contributed by atoms with Gasteiger partial charge >= 0.3 is 0 Å². The van der Waals surface area contributed by atoms with Gasteiger partial charge in [-0.15, -0.1) is 12.4 Å². The van der Waals surface area contributed by atoms with Crippen LogP contribution in [-0.2, 0) is 6.42 Å². The van der Waals surface area contributed by atoms with Crippen LogP contribution in [0.5, 0.6) is 0 Å². The van der Waals surface area contributed by atoms with Crippen molar-refractivity contribution < 1.29 is 0 Å². The summed E-state index contributed by atoms with van der Waals surface area (Å²) in [6.45, 7) is 2.28. The van der Waals surface area contributed by atoms with Gasteiger partial charge in [0, 0.05) is 10.0 Å². The standard InChI is InChI=1S/C12H15Cl2N.ClH/c13-11-6-10(7-12(14)8-11)5-9-1-3-15-4-2-9;/h6-9,15H,1-5H2;1H. The minimum absolute atomic E-state index is 0. The molecule has 0 spiro atoms. The van der Waals surface area contributed by atoms with Gasteiger partial charge in [0.05, 0.1) is 0 Å². The molecule has 0 aromatic heterocycles. The van der Waals surface area contributed by atoms with Gasteiger partial charge in [0.1, 0.15) is 0 Å². The molecule has 1 aliphatic rings. The van der Waals surface area contributed by atoms with Gasteiger partial charge in [0.25, 0.3) is 0 Å². The maximum Gasteiger partial charge on any atom is 0.0423 e. The van der Waals surface area contributed by atoms with Crippen LogP contribution in [0.3, 0.4) is 0 Å².